The van der Waals surface area contributed by atoms with Crippen molar-refractivity contribution < 1.29 is 0 Å². The molecule has 2 heterocycles. The highest BCUT2D eigenvalue weighted by molar-refractivity contribution is 7.99. The standard InChI is InChI=1S/C17H25N3S/c1-11-14-9-12(10-18-13-5-6-13)4-7-15(14)20-17(19-11)16-3-2-8-21-16/h12-13,16,18H,2-10H2,1H3. The van der Waals surface area contributed by atoms with Crippen molar-refractivity contribution in [3.63, 3.8) is 0 Å². The van der Waals surface area contributed by atoms with Crippen molar-refractivity contribution >= 4 is 11.8 Å². The fourth-order valence-corrected chi connectivity index (χ4v) is 4.81. The van der Waals surface area contributed by atoms with E-state index in [2.05, 4.69) is 12.2 Å². The summed E-state index contributed by atoms with van der Waals surface area (Å²) in [5.41, 5.74) is 4.06. The van der Waals surface area contributed by atoms with Gasteiger partial charge in [0.1, 0.15) is 5.82 Å². The van der Waals surface area contributed by atoms with Crippen LogP contribution in [0.1, 0.15) is 60.1 Å². The van der Waals surface area contributed by atoms with Crippen LogP contribution < -0.4 is 5.32 Å². The number of rotatable bonds is 4. The van der Waals surface area contributed by atoms with Crippen LogP contribution in [0.3, 0.4) is 0 Å². The van der Waals surface area contributed by atoms with Crippen LogP contribution in [0.25, 0.3) is 0 Å². The predicted molar refractivity (Wildman–Crippen MR) is 87.7 cm³/mol. The molecule has 2 atom stereocenters. The number of nitrogens with zero attached hydrogens (tertiary/aromatic N) is 2. The number of aryl methyl sites for hydroxylation is 2. The van der Waals surface area contributed by atoms with Gasteiger partial charge in [0.15, 0.2) is 0 Å². The zero-order valence-corrected chi connectivity index (χ0v) is 13.7. The van der Waals surface area contributed by atoms with Gasteiger partial charge in [-0.05, 0) is 75.6 Å². The van der Waals surface area contributed by atoms with E-state index < -0.39 is 0 Å². The molecule has 4 rings (SSSR count). The minimum atomic E-state index is 0.559. The van der Waals surface area contributed by atoms with E-state index in [0.29, 0.717) is 5.25 Å². The highest BCUT2D eigenvalue weighted by Gasteiger charge is 2.28. The topological polar surface area (TPSA) is 37.8 Å². The molecule has 3 nitrogen and oxygen atoms in total. The lowest BCUT2D eigenvalue weighted by Crippen LogP contribution is -2.29. The summed E-state index contributed by atoms with van der Waals surface area (Å²) in [6.07, 6.45) is 8.97. The Balaban J connectivity index is 1.49. The van der Waals surface area contributed by atoms with E-state index in [0.717, 1.165) is 24.2 Å². The maximum atomic E-state index is 4.95. The van der Waals surface area contributed by atoms with Gasteiger partial charge in [0.05, 0.1) is 5.25 Å². The highest BCUT2D eigenvalue weighted by atomic mass is 32.2. The molecule has 1 saturated heterocycles. The van der Waals surface area contributed by atoms with Crippen molar-refractivity contribution in [3.8, 4) is 0 Å². The lowest BCUT2D eigenvalue weighted by atomic mass is 9.85. The highest BCUT2D eigenvalue weighted by Crippen LogP contribution is 2.39. The van der Waals surface area contributed by atoms with Crippen molar-refractivity contribution in [1.82, 2.24) is 15.3 Å². The molecule has 2 aliphatic carbocycles. The van der Waals surface area contributed by atoms with E-state index in [9.17, 15) is 0 Å². The van der Waals surface area contributed by atoms with E-state index in [1.165, 1.54) is 67.8 Å². The number of hydrogen-bond donors (Lipinski definition) is 1. The van der Waals surface area contributed by atoms with Gasteiger partial charge in [-0.2, -0.15) is 11.8 Å². The summed E-state index contributed by atoms with van der Waals surface area (Å²) in [5, 5.41) is 4.25. The zero-order valence-electron chi connectivity index (χ0n) is 12.9. The molecule has 0 spiro atoms. The molecule has 21 heavy (non-hydrogen) atoms. The Kier molecular flexibility index (Phi) is 3.92. The molecule has 0 radical (unpaired) electrons. The molecular formula is C17H25N3S. The van der Waals surface area contributed by atoms with Gasteiger partial charge in [-0.25, -0.2) is 9.97 Å². The average Bonchev–Trinajstić information content (AvgIpc) is 3.16. The quantitative estimate of drug-likeness (QED) is 0.927. The number of fused-ring (bicyclic) bond motifs is 1. The maximum Gasteiger partial charge on any atom is 0.141 e. The lowest BCUT2D eigenvalue weighted by Gasteiger charge is -2.26. The maximum absolute atomic E-state index is 4.95. The van der Waals surface area contributed by atoms with Crippen molar-refractivity contribution in [3.05, 3.63) is 22.8 Å². The van der Waals surface area contributed by atoms with Gasteiger partial charge < -0.3 is 5.32 Å². The molecule has 1 aliphatic heterocycles. The summed E-state index contributed by atoms with van der Waals surface area (Å²) in [7, 11) is 0. The molecule has 3 aliphatic rings. The second-order valence-electron chi connectivity index (χ2n) is 6.89. The summed E-state index contributed by atoms with van der Waals surface area (Å²) in [6, 6.07) is 0.825. The van der Waals surface area contributed by atoms with Gasteiger partial charge in [-0.15, -0.1) is 0 Å². The first-order chi connectivity index (χ1) is 10.3. The summed E-state index contributed by atoms with van der Waals surface area (Å²) in [4.78, 5) is 9.80. The van der Waals surface area contributed by atoms with Crippen molar-refractivity contribution in [2.24, 2.45) is 5.92 Å². The molecule has 2 unspecified atom stereocenters. The SMILES string of the molecule is Cc1nc(C2CCCS2)nc2c1CC(CNC1CC1)CC2. The van der Waals surface area contributed by atoms with Crippen LogP contribution in [-0.2, 0) is 12.8 Å². The molecule has 1 N–H and O–H groups in total. The molecule has 1 saturated carbocycles. The third kappa shape index (κ3) is 3.11. The van der Waals surface area contributed by atoms with Crippen molar-refractivity contribution in [2.45, 2.75) is 63.2 Å². The number of thioether (sulfide) groups is 1. The fourth-order valence-electron chi connectivity index (χ4n) is 3.60. The van der Waals surface area contributed by atoms with Gasteiger partial charge in [0.2, 0.25) is 0 Å². The largest absolute Gasteiger partial charge is 0.314 e. The minimum Gasteiger partial charge on any atom is -0.314 e. The Labute approximate surface area is 131 Å². The summed E-state index contributed by atoms with van der Waals surface area (Å²) in [5.74, 6) is 3.18. The van der Waals surface area contributed by atoms with Crippen LogP contribution in [-0.4, -0.2) is 28.3 Å². The third-order valence-corrected chi connectivity index (χ3v) is 6.46. The molecule has 114 valence electrons. The first-order valence-corrected chi connectivity index (χ1v) is 9.56. The van der Waals surface area contributed by atoms with Crippen LogP contribution in [0.4, 0.5) is 0 Å². The zero-order chi connectivity index (χ0) is 14.2. The predicted octanol–water partition coefficient (Wildman–Crippen LogP) is 3.21. The lowest BCUT2D eigenvalue weighted by molar-refractivity contribution is 0.416. The second-order valence-corrected chi connectivity index (χ2v) is 8.20. The molecule has 0 bridgehead atoms. The van der Waals surface area contributed by atoms with Gasteiger partial charge >= 0.3 is 0 Å². The van der Waals surface area contributed by atoms with Gasteiger partial charge in [-0.1, -0.05) is 0 Å². The first kappa shape index (κ1) is 14.0. The molecule has 2 fully saturated rings. The van der Waals surface area contributed by atoms with E-state index >= 15 is 0 Å². The fraction of sp³-hybridized carbons (Fsp3) is 0.765. The van der Waals surface area contributed by atoms with E-state index in [4.69, 9.17) is 9.97 Å². The molecule has 1 aromatic heterocycles. The van der Waals surface area contributed by atoms with Crippen LogP contribution in [0.5, 0.6) is 0 Å². The Hall–Kier alpha value is -0.610. The molecular weight excluding hydrogens is 278 g/mol. The summed E-state index contributed by atoms with van der Waals surface area (Å²) in [6.45, 7) is 3.38. The Morgan fingerprint density at radius 1 is 1.19 bits per heavy atom. The second kappa shape index (κ2) is 5.88. The van der Waals surface area contributed by atoms with Crippen LogP contribution in [0.2, 0.25) is 0 Å². The number of nitrogens with one attached hydrogen (secondary N) is 1. The Bertz CT molecular complexity index is 521. The van der Waals surface area contributed by atoms with Gasteiger partial charge in [0, 0.05) is 17.4 Å². The van der Waals surface area contributed by atoms with Gasteiger partial charge in [0.25, 0.3) is 0 Å². The number of aromatic nitrogens is 2. The van der Waals surface area contributed by atoms with Crippen LogP contribution >= 0.6 is 11.8 Å². The molecule has 0 aromatic carbocycles. The molecule has 1 aromatic rings. The van der Waals surface area contributed by atoms with Crippen LogP contribution in [0.15, 0.2) is 0 Å². The van der Waals surface area contributed by atoms with Gasteiger partial charge in [-0.3, -0.25) is 0 Å². The smallest absolute Gasteiger partial charge is 0.141 e. The molecule has 4 heteroatoms. The van der Waals surface area contributed by atoms with E-state index in [1.54, 1.807) is 0 Å². The summed E-state index contributed by atoms with van der Waals surface area (Å²) >= 11 is 2.04. The van der Waals surface area contributed by atoms with Crippen molar-refractivity contribution in [1.29, 1.82) is 0 Å². The van der Waals surface area contributed by atoms with E-state index in [-0.39, 0.29) is 0 Å². The van der Waals surface area contributed by atoms with Crippen LogP contribution in [0, 0.1) is 12.8 Å². The first-order valence-electron chi connectivity index (χ1n) is 8.51. The molecule has 0 amide bonds. The minimum absolute atomic E-state index is 0.559. The third-order valence-electron chi connectivity index (χ3n) is 5.09. The summed E-state index contributed by atoms with van der Waals surface area (Å²) < 4.78 is 0. The normalized spacial score (nSPS) is 28.6. The Morgan fingerprint density at radius 3 is 2.86 bits per heavy atom. The number of hydrogen-bond acceptors (Lipinski definition) is 4. The monoisotopic (exact) mass is 303 g/mol. The van der Waals surface area contributed by atoms with E-state index in [1.807, 2.05) is 11.8 Å². The Morgan fingerprint density at radius 2 is 2.10 bits per heavy atom. The average molecular weight is 303 g/mol. The van der Waals surface area contributed by atoms with Crippen molar-refractivity contribution in [2.75, 3.05) is 12.3 Å².